The molecule has 0 unspecified atom stereocenters. The van der Waals surface area contributed by atoms with E-state index >= 15 is 0 Å². The molecule has 0 aliphatic heterocycles. The highest BCUT2D eigenvalue weighted by Crippen LogP contribution is 2.29. The predicted octanol–water partition coefficient (Wildman–Crippen LogP) is 2.42. The highest BCUT2D eigenvalue weighted by atomic mass is 32.2. The van der Waals surface area contributed by atoms with Crippen molar-refractivity contribution in [2.24, 2.45) is 0 Å². The summed E-state index contributed by atoms with van der Waals surface area (Å²) in [5.74, 6) is -0.536. The van der Waals surface area contributed by atoms with Crippen molar-refractivity contribution in [1.82, 2.24) is 5.48 Å². The average Bonchev–Trinajstić information content (AvgIpc) is 3.13. The van der Waals surface area contributed by atoms with Crippen LogP contribution in [0.1, 0.15) is 12.8 Å². The molecule has 2 rings (SSSR count). The molecule has 98 valence electrons. The van der Waals surface area contributed by atoms with Crippen LogP contribution in [0.15, 0.2) is 18.2 Å². The van der Waals surface area contributed by atoms with Crippen LogP contribution in [0, 0.1) is 15.9 Å². The molecule has 1 saturated carbocycles. The molecule has 1 aromatic rings. The van der Waals surface area contributed by atoms with E-state index in [-0.39, 0.29) is 11.4 Å². The van der Waals surface area contributed by atoms with Crippen LogP contribution >= 0.6 is 12.2 Å². The fraction of sp³-hybridized carbons (Fsp3) is 0.400. The first-order valence-corrected chi connectivity index (χ1v) is 6.04. The van der Waals surface area contributed by atoms with Crippen molar-refractivity contribution in [3.63, 3.8) is 0 Å². The molecule has 18 heavy (non-hydrogen) atoms. The summed E-state index contributed by atoms with van der Waals surface area (Å²) >= 11 is 0.892. The molecule has 1 fully saturated rings. The number of nitro groups is 1. The van der Waals surface area contributed by atoms with E-state index in [4.69, 9.17) is 4.28 Å². The van der Waals surface area contributed by atoms with E-state index in [1.165, 1.54) is 10.4 Å². The zero-order chi connectivity index (χ0) is 13.1. The molecule has 0 amide bonds. The van der Waals surface area contributed by atoms with Crippen LogP contribution in [0.3, 0.4) is 0 Å². The topological polar surface area (TPSA) is 67.6 Å². The predicted molar refractivity (Wildman–Crippen MR) is 66.3 cm³/mol. The first-order valence-electron chi connectivity index (χ1n) is 5.35. The largest absolute Gasteiger partial charge is 0.292 e. The molecule has 0 bridgehead atoms. The van der Waals surface area contributed by atoms with Crippen LogP contribution in [0.5, 0.6) is 0 Å². The van der Waals surface area contributed by atoms with Crippen LogP contribution in [0.25, 0.3) is 0 Å². The summed E-state index contributed by atoms with van der Waals surface area (Å²) in [7, 11) is 1.57. The molecule has 0 spiro atoms. The van der Waals surface area contributed by atoms with Crippen molar-refractivity contribution in [3.8, 4) is 0 Å². The molecule has 0 radical (unpaired) electrons. The zero-order valence-electron chi connectivity index (χ0n) is 9.63. The van der Waals surface area contributed by atoms with Gasteiger partial charge in [-0.2, -0.15) is 5.48 Å². The fourth-order valence-electron chi connectivity index (χ4n) is 1.24. The standard InChI is InChI=1S/C10H12FN3O3S/c1-13(18-17-12-7-2-3-7)10-6-8(14(15)16)4-5-9(10)11/h4-7,12H,2-3H2,1H3. The second-order valence-corrected chi connectivity index (χ2v) is 4.80. The van der Waals surface area contributed by atoms with Crippen LogP contribution < -0.4 is 9.79 Å². The van der Waals surface area contributed by atoms with Gasteiger partial charge in [0.25, 0.3) is 5.69 Å². The van der Waals surface area contributed by atoms with Gasteiger partial charge in [-0.15, -0.1) is 0 Å². The van der Waals surface area contributed by atoms with Gasteiger partial charge in [-0.3, -0.25) is 14.4 Å². The number of halogens is 1. The molecular formula is C10H12FN3O3S. The first-order chi connectivity index (χ1) is 8.58. The van der Waals surface area contributed by atoms with Gasteiger partial charge < -0.3 is 0 Å². The fourth-order valence-corrected chi connectivity index (χ4v) is 1.75. The Hall–Kier alpha value is -1.38. The van der Waals surface area contributed by atoms with E-state index in [2.05, 4.69) is 5.48 Å². The highest BCUT2D eigenvalue weighted by Gasteiger charge is 2.22. The molecule has 6 nitrogen and oxygen atoms in total. The van der Waals surface area contributed by atoms with Crippen molar-refractivity contribution < 1.29 is 13.6 Å². The maximum Gasteiger partial charge on any atom is 0.271 e. The van der Waals surface area contributed by atoms with Crippen LogP contribution in [-0.2, 0) is 4.28 Å². The summed E-state index contributed by atoms with van der Waals surface area (Å²) in [6.07, 6.45) is 2.13. The Bertz CT molecular complexity index is 456. The zero-order valence-corrected chi connectivity index (χ0v) is 10.4. The Kier molecular flexibility index (Phi) is 4.00. The van der Waals surface area contributed by atoms with E-state index in [1.54, 1.807) is 7.05 Å². The summed E-state index contributed by atoms with van der Waals surface area (Å²) < 4.78 is 20.0. The Morgan fingerprint density at radius 2 is 2.33 bits per heavy atom. The van der Waals surface area contributed by atoms with E-state index in [0.29, 0.717) is 6.04 Å². The molecular weight excluding hydrogens is 261 g/mol. The minimum absolute atomic E-state index is 0.104. The Labute approximate surface area is 108 Å². The number of hydrogen-bond donors (Lipinski definition) is 1. The number of anilines is 1. The van der Waals surface area contributed by atoms with E-state index in [0.717, 1.165) is 37.2 Å². The van der Waals surface area contributed by atoms with Crippen molar-refractivity contribution in [1.29, 1.82) is 0 Å². The monoisotopic (exact) mass is 273 g/mol. The number of non-ortho nitro benzene ring substituents is 1. The Morgan fingerprint density at radius 3 is 2.94 bits per heavy atom. The molecule has 1 N–H and O–H groups in total. The molecule has 1 aliphatic rings. The SMILES string of the molecule is CN(SONC1CC1)c1cc([N+](=O)[O-])ccc1F. The second kappa shape index (κ2) is 5.51. The van der Waals surface area contributed by atoms with Gasteiger partial charge in [-0.1, -0.05) is 0 Å². The third-order valence-electron chi connectivity index (χ3n) is 2.42. The minimum atomic E-state index is -0.565. The van der Waals surface area contributed by atoms with Gasteiger partial charge in [-0.25, -0.2) is 8.67 Å². The molecule has 0 aromatic heterocycles. The van der Waals surface area contributed by atoms with Crippen molar-refractivity contribution in [3.05, 3.63) is 34.1 Å². The molecule has 1 aliphatic carbocycles. The lowest BCUT2D eigenvalue weighted by atomic mass is 10.2. The van der Waals surface area contributed by atoms with Gasteiger partial charge in [0.2, 0.25) is 0 Å². The number of hydroxylamine groups is 1. The summed E-state index contributed by atoms with van der Waals surface area (Å²) in [6, 6.07) is 3.73. The van der Waals surface area contributed by atoms with Crippen molar-refractivity contribution in [2.45, 2.75) is 18.9 Å². The molecule has 8 heteroatoms. The number of nitro benzene ring substituents is 1. The van der Waals surface area contributed by atoms with E-state index in [1.807, 2.05) is 0 Å². The smallest absolute Gasteiger partial charge is 0.271 e. The van der Waals surface area contributed by atoms with Gasteiger partial charge >= 0.3 is 0 Å². The van der Waals surface area contributed by atoms with Crippen molar-refractivity contribution in [2.75, 3.05) is 11.4 Å². The minimum Gasteiger partial charge on any atom is -0.292 e. The van der Waals surface area contributed by atoms with Gasteiger partial charge in [-0.05, 0) is 18.9 Å². The van der Waals surface area contributed by atoms with Gasteiger partial charge in [0.05, 0.1) is 10.6 Å². The number of nitrogens with one attached hydrogen (secondary N) is 1. The van der Waals surface area contributed by atoms with Gasteiger partial charge in [0.1, 0.15) is 18.0 Å². The molecule has 0 saturated heterocycles. The number of hydrogen-bond acceptors (Lipinski definition) is 6. The van der Waals surface area contributed by atoms with Crippen LogP contribution in [-0.4, -0.2) is 18.0 Å². The average molecular weight is 273 g/mol. The normalized spacial score (nSPS) is 14.6. The first kappa shape index (κ1) is 13.1. The molecule has 0 heterocycles. The maximum atomic E-state index is 13.5. The second-order valence-electron chi connectivity index (χ2n) is 3.94. The van der Waals surface area contributed by atoms with E-state index in [9.17, 15) is 14.5 Å². The molecule has 1 aromatic carbocycles. The summed E-state index contributed by atoms with van der Waals surface area (Å²) in [5, 5.41) is 10.6. The Balaban J connectivity index is 2.00. The van der Waals surface area contributed by atoms with Gasteiger partial charge in [0.15, 0.2) is 0 Å². The third-order valence-corrected chi connectivity index (χ3v) is 3.01. The van der Waals surface area contributed by atoms with Gasteiger partial charge in [0, 0.05) is 25.2 Å². The van der Waals surface area contributed by atoms with Crippen LogP contribution in [0.2, 0.25) is 0 Å². The number of benzene rings is 1. The number of nitrogens with zero attached hydrogens (tertiary/aromatic N) is 2. The maximum absolute atomic E-state index is 13.5. The number of rotatable bonds is 6. The highest BCUT2D eigenvalue weighted by molar-refractivity contribution is 7.96. The molecule has 0 atom stereocenters. The van der Waals surface area contributed by atoms with E-state index < -0.39 is 10.7 Å². The summed E-state index contributed by atoms with van der Waals surface area (Å²) in [6.45, 7) is 0. The summed E-state index contributed by atoms with van der Waals surface area (Å²) in [4.78, 5) is 10.0. The van der Waals surface area contributed by atoms with Crippen LogP contribution in [0.4, 0.5) is 15.8 Å². The lowest BCUT2D eigenvalue weighted by Crippen LogP contribution is -2.18. The quantitative estimate of drug-likeness (QED) is 0.371. The van der Waals surface area contributed by atoms with Crippen molar-refractivity contribution >= 4 is 23.6 Å². The third kappa shape index (κ3) is 3.31. The lowest BCUT2D eigenvalue weighted by Gasteiger charge is -2.16. The Morgan fingerprint density at radius 1 is 1.61 bits per heavy atom. The summed E-state index contributed by atoms with van der Waals surface area (Å²) in [5.41, 5.74) is 2.72. The lowest BCUT2D eigenvalue weighted by molar-refractivity contribution is -0.384.